The Morgan fingerprint density at radius 2 is 1.53 bits per heavy atom. The summed E-state index contributed by atoms with van der Waals surface area (Å²) in [5, 5.41) is 2.94. The van der Waals surface area contributed by atoms with Gasteiger partial charge >= 0.3 is 0 Å². The van der Waals surface area contributed by atoms with Crippen molar-refractivity contribution in [2.24, 2.45) is 0 Å². The molecule has 0 bridgehead atoms. The van der Waals surface area contributed by atoms with Crippen LogP contribution in [0.4, 0.5) is 0 Å². The molecule has 1 aliphatic rings. The minimum atomic E-state index is -3.49. The number of carbonyl (C=O) groups is 1. The van der Waals surface area contributed by atoms with Crippen molar-refractivity contribution in [1.82, 2.24) is 14.5 Å². The predicted molar refractivity (Wildman–Crippen MR) is 119 cm³/mol. The molecule has 1 saturated heterocycles. The van der Waals surface area contributed by atoms with E-state index >= 15 is 0 Å². The van der Waals surface area contributed by atoms with Crippen LogP contribution in [0.5, 0.6) is 0 Å². The fourth-order valence-corrected chi connectivity index (χ4v) is 4.98. The number of piperazine rings is 1. The lowest BCUT2D eigenvalue weighted by Crippen LogP contribution is -2.50. The molecule has 0 spiro atoms. The molecule has 6 nitrogen and oxygen atoms in total. The molecular formula is C23H31N3O3S. The number of nitrogens with one attached hydrogen (secondary N) is 1. The van der Waals surface area contributed by atoms with Gasteiger partial charge in [-0.05, 0) is 36.6 Å². The lowest BCUT2D eigenvalue weighted by molar-refractivity contribution is -0.122. The molecule has 162 valence electrons. The van der Waals surface area contributed by atoms with E-state index < -0.39 is 10.0 Å². The zero-order chi connectivity index (χ0) is 21.6. The molecule has 2 aromatic rings. The van der Waals surface area contributed by atoms with Crippen LogP contribution in [0.25, 0.3) is 0 Å². The van der Waals surface area contributed by atoms with Crippen LogP contribution in [0.15, 0.2) is 53.4 Å². The number of hydrogen-bond donors (Lipinski definition) is 1. The minimum absolute atomic E-state index is 0.0432. The molecule has 2 aromatic carbocycles. The van der Waals surface area contributed by atoms with Gasteiger partial charge in [-0.1, -0.05) is 55.3 Å². The summed E-state index contributed by atoms with van der Waals surface area (Å²) in [4.78, 5) is 14.6. The van der Waals surface area contributed by atoms with E-state index in [-0.39, 0.29) is 12.5 Å². The number of sulfonamides is 1. The van der Waals surface area contributed by atoms with Crippen LogP contribution in [0.1, 0.15) is 30.0 Å². The number of nitrogens with zero attached hydrogens (tertiary/aromatic N) is 2. The Morgan fingerprint density at radius 3 is 2.13 bits per heavy atom. The van der Waals surface area contributed by atoms with E-state index in [9.17, 15) is 13.2 Å². The van der Waals surface area contributed by atoms with Gasteiger partial charge in [-0.25, -0.2) is 8.42 Å². The zero-order valence-corrected chi connectivity index (χ0v) is 18.6. The van der Waals surface area contributed by atoms with Gasteiger partial charge in [-0.15, -0.1) is 0 Å². The molecule has 1 N–H and O–H groups in total. The largest absolute Gasteiger partial charge is 0.351 e. The maximum Gasteiger partial charge on any atom is 0.243 e. The molecule has 7 heteroatoms. The van der Waals surface area contributed by atoms with Gasteiger partial charge in [0.15, 0.2) is 0 Å². The normalized spacial score (nSPS) is 15.8. The summed E-state index contributed by atoms with van der Waals surface area (Å²) in [6.45, 7) is 6.80. The maximum atomic E-state index is 12.9. The fourth-order valence-electron chi connectivity index (χ4n) is 3.56. The smallest absolute Gasteiger partial charge is 0.243 e. The molecule has 3 rings (SSSR count). The first-order valence-electron chi connectivity index (χ1n) is 10.5. The Balaban J connectivity index is 1.47. The third kappa shape index (κ3) is 5.90. The molecule has 1 amide bonds. The highest BCUT2D eigenvalue weighted by molar-refractivity contribution is 7.89. The van der Waals surface area contributed by atoms with Crippen molar-refractivity contribution in [3.05, 3.63) is 65.2 Å². The van der Waals surface area contributed by atoms with Crippen molar-refractivity contribution >= 4 is 15.9 Å². The van der Waals surface area contributed by atoms with Gasteiger partial charge < -0.3 is 5.32 Å². The summed E-state index contributed by atoms with van der Waals surface area (Å²) < 4.78 is 27.3. The first-order chi connectivity index (χ1) is 14.4. The van der Waals surface area contributed by atoms with Crippen molar-refractivity contribution in [2.45, 2.75) is 38.1 Å². The summed E-state index contributed by atoms with van der Waals surface area (Å²) in [6, 6.07) is 15.3. The average molecular weight is 430 g/mol. The Hall–Kier alpha value is -2.22. The molecule has 0 atom stereocenters. The van der Waals surface area contributed by atoms with Crippen molar-refractivity contribution in [1.29, 1.82) is 0 Å². The van der Waals surface area contributed by atoms with Crippen LogP contribution in [-0.2, 0) is 27.8 Å². The van der Waals surface area contributed by atoms with Gasteiger partial charge in [-0.2, -0.15) is 4.31 Å². The van der Waals surface area contributed by atoms with E-state index in [1.807, 2.05) is 48.2 Å². The first-order valence-corrected chi connectivity index (χ1v) is 12.0. The number of benzene rings is 2. The van der Waals surface area contributed by atoms with Crippen molar-refractivity contribution in [3.8, 4) is 0 Å². The van der Waals surface area contributed by atoms with Crippen molar-refractivity contribution < 1.29 is 13.2 Å². The number of hydrogen-bond acceptors (Lipinski definition) is 4. The Kier molecular flexibility index (Phi) is 7.64. The molecule has 0 aliphatic carbocycles. The van der Waals surface area contributed by atoms with E-state index in [1.54, 1.807) is 12.1 Å². The second kappa shape index (κ2) is 10.2. The monoisotopic (exact) mass is 429 g/mol. The highest BCUT2D eigenvalue weighted by atomic mass is 32.2. The third-order valence-electron chi connectivity index (χ3n) is 5.41. The van der Waals surface area contributed by atoms with Gasteiger partial charge in [0.05, 0.1) is 11.4 Å². The number of amides is 1. The van der Waals surface area contributed by atoms with Crippen LogP contribution < -0.4 is 5.32 Å². The van der Waals surface area contributed by atoms with E-state index in [4.69, 9.17) is 0 Å². The molecule has 0 aromatic heterocycles. The van der Waals surface area contributed by atoms with Gasteiger partial charge in [0.2, 0.25) is 15.9 Å². The molecule has 1 fully saturated rings. The highest BCUT2D eigenvalue weighted by Gasteiger charge is 2.29. The van der Waals surface area contributed by atoms with E-state index in [0.717, 1.165) is 24.0 Å². The Labute approximate surface area is 179 Å². The van der Waals surface area contributed by atoms with E-state index in [2.05, 4.69) is 12.2 Å². The predicted octanol–water partition coefficient (Wildman–Crippen LogP) is 2.57. The molecule has 0 saturated carbocycles. The van der Waals surface area contributed by atoms with Crippen LogP contribution >= 0.6 is 0 Å². The average Bonchev–Trinajstić information content (AvgIpc) is 2.74. The molecule has 1 heterocycles. The Morgan fingerprint density at radius 1 is 0.933 bits per heavy atom. The van der Waals surface area contributed by atoms with Crippen molar-refractivity contribution in [3.63, 3.8) is 0 Å². The van der Waals surface area contributed by atoms with Crippen LogP contribution in [-0.4, -0.2) is 56.3 Å². The molecule has 30 heavy (non-hydrogen) atoms. The molecular weight excluding hydrogens is 398 g/mol. The zero-order valence-electron chi connectivity index (χ0n) is 17.8. The second-order valence-corrected chi connectivity index (χ2v) is 9.77. The minimum Gasteiger partial charge on any atom is -0.351 e. The molecule has 0 unspecified atom stereocenters. The summed E-state index contributed by atoms with van der Waals surface area (Å²) in [6.07, 6.45) is 1.98. The SMILES string of the molecule is CCCc1ccc(S(=O)(=O)N2CCN(CC(=O)NCc3ccc(C)cc3)CC2)cc1. The van der Waals surface area contributed by atoms with E-state index in [1.165, 1.54) is 9.87 Å². The maximum absolute atomic E-state index is 12.9. The first kappa shape index (κ1) is 22.5. The summed E-state index contributed by atoms with van der Waals surface area (Å²) in [5.74, 6) is -0.0432. The standard InChI is InChI=1S/C23H31N3O3S/c1-3-4-20-9-11-22(12-10-20)30(28,29)26-15-13-25(14-16-26)18-23(27)24-17-21-7-5-19(2)6-8-21/h5-12H,3-4,13-18H2,1-2H3,(H,24,27). The number of aryl methyl sites for hydroxylation is 2. The van der Waals surface area contributed by atoms with Gasteiger partial charge in [0.25, 0.3) is 0 Å². The summed E-state index contributed by atoms with van der Waals surface area (Å²) in [5.41, 5.74) is 3.41. The second-order valence-electron chi connectivity index (χ2n) is 7.84. The van der Waals surface area contributed by atoms with Gasteiger partial charge in [0.1, 0.15) is 0 Å². The van der Waals surface area contributed by atoms with Crippen molar-refractivity contribution in [2.75, 3.05) is 32.7 Å². The van der Waals surface area contributed by atoms with E-state index in [0.29, 0.717) is 37.6 Å². The number of rotatable bonds is 8. The summed E-state index contributed by atoms with van der Waals surface area (Å²) >= 11 is 0. The molecule has 1 aliphatic heterocycles. The summed E-state index contributed by atoms with van der Waals surface area (Å²) in [7, 11) is -3.49. The fraction of sp³-hybridized carbons (Fsp3) is 0.435. The Bertz CT molecular complexity index is 933. The van der Waals surface area contributed by atoms with Crippen LogP contribution in [0.3, 0.4) is 0 Å². The topological polar surface area (TPSA) is 69.7 Å². The third-order valence-corrected chi connectivity index (χ3v) is 7.32. The highest BCUT2D eigenvalue weighted by Crippen LogP contribution is 2.19. The molecule has 0 radical (unpaired) electrons. The van der Waals surface area contributed by atoms with Gasteiger partial charge in [-0.3, -0.25) is 9.69 Å². The number of carbonyl (C=O) groups excluding carboxylic acids is 1. The quantitative estimate of drug-likeness (QED) is 0.700. The lowest BCUT2D eigenvalue weighted by atomic mass is 10.1. The van der Waals surface area contributed by atoms with Crippen LogP contribution in [0, 0.1) is 6.92 Å². The lowest BCUT2D eigenvalue weighted by Gasteiger charge is -2.33. The van der Waals surface area contributed by atoms with Crippen LogP contribution in [0.2, 0.25) is 0 Å². The van der Waals surface area contributed by atoms with Gasteiger partial charge in [0, 0.05) is 32.7 Å².